The number of aryl methyl sites for hydroxylation is 2. The summed E-state index contributed by atoms with van der Waals surface area (Å²) in [5.74, 6) is 0.406. The van der Waals surface area contributed by atoms with Gasteiger partial charge in [0.05, 0.1) is 5.70 Å². The highest BCUT2D eigenvalue weighted by Crippen LogP contribution is 2.36. The summed E-state index contributed by atoms with van der Waals surface area (Å²) < 4.78 is 1.75. The van der Waals surface area contributed by atoms with Crippen LogP contribution in [0.25, 0.3) is 5.70 Å². The van der Waals surface area contributed by atoms with Gasteiger partial charge in [-0.05, 0) is 41.5 Å². The predicted molar refractivity (Wildman–Crippen MR) is 117 cm³/mol. The SMILES string of the molecule is C=CCNC(=O)CN1C(c2ccc(C)cc2)=CC(c2ccc(C)cc2)n2nnnc21. The van der Waals surface area contributed by atoms with E-state index in [2.05, 4.69) is 95.9 Å². The number of tetrazole rings is 1. The first-order valence-corrected chi connectivity index (χ1v) is 9.85. The zero-order valence-corrected chi connectivity index (χ0v) is 17.1. The minimum atomic E-state index is -0.167. The molecule has 3 aromatic rings. The lowest BCUT2D eigenvalue weighted by molar-refractivity contribution is -0.119. The van der Waals surface area contributed by atoms with Gasteiger partial charge in [-0.2, -0.15) is 4.68 Å². The highest BCUT2D eigenvalue weighted by molar-refractivity contribution is 5.89. The molecule has 0 saturated carbocycles. The fourth-order valence-corrected chi connectivity index (χ4v) is 3.48. The Labute approximate surface area is 175 Å². The van der Waals surface area contributed by atoms with Gasteiger partial charge in [0, 0.05) is 6.54 Å². The van der Waals surface area contributed by atoms with Crippen LogP contribution in [0.5, 0.6) is 0 Å². The number of nitrogens with zero attached hydrogens (tertiary/aromatic N) is 5. The number of benzene rings is 2. The number of nitrogens with one attached hydrogen (secondary N) is 1. The van der Waals surface area contributed by atoms with Crippen molar-refractivity contribution in [3.63, 3.8) is 0 Å². The molecule has 1 unspecified atom stereocenters. The summed E-state index contributed by atoms with van der Waals surface area (Å²) in [6.07, 6.45) is 3.77. The van der Waals surface area contributed by atoms with Crippen LogP contribution in [0.1, 0.15) is 28.3 Å². The maximum absolute atomic E-state index is 12.5. The van der Waals surface area contributed by atoms with Gasteiger partial charge in [-0.25, -0.2) is 0 Å². The molecular formula is C23H24N6O. The number of rotatable bonds is 6. The van der Waals surface area contributed by atoms with Crippen LogP contribution in [0.15, 0.2) is 67.3 Å². The van der Waals surface area contributed by atoms with E-state index in [1.54, 1.807) is 10.8 Å². The summed E-state index contributed by atoms with van der Waals surface area (Å²) in [6.45, 7) is 8.28. The van der Waals surface area contributed by atoms with Gasteiger partial charge < -0.3 is 5.32 Å². The van der Waals surface area contributed by atoms with Gasteiger partial charge in [0.15, 0.2) is 0 Å². The van der Waals surface area contributed by atoms with Crippen LogP contribution in [0, 0.1) is 13.8 Å². The van der Waals surface area contributed by atoms with Gasteiger partial charge in [0.25, 0.3) is 5.95 Å². The van der Waals surface area contributed by atoms with Crippen LogP contribution in [0.2, 0.25) is 0 Å². The van der Waals surface area contributed by atoms with E-state index in [1.807, 2.05) is 4.90 Å². The van der Waals surface area contributed by atoms with Gasteiger partial charge in [0.2, 0.25) is 5.91 Å². The van der Waals surface area contributed by atoms with E-state index >= 15 is 0 Å². The number of carbonyl (C=O) groups excluding carboxylic acids is 1. The lowest BCUT2D eigenvalue weighted by Crippen LogP contribution is -2.40. The number of carbonyl (C=O) groups is 1. The van der Waals surface area contributed by atoms with E-state index in [-0.39, 0.29) is 18.5 Å². The molecule has 1 atom stereocenters. The monoisotopic (exact) mass is 400 g/mol. The lowest BCUT2D eigenvalue weighted by Gasteiger charge is -2.32. The Kier molecular flexibility index (Phi) is 5.43. The predicted octanol–water partition coefficient (Wildman–Crippen LogP) is 3.04. The normalized spacial score (nSPS) is 15.3. The molecular weight excluding hydrogens is 376 g/mol. The third-order valence-electron chi connectivity index (χ3n) is 5.10. The average molecular weight is 400 g/mol. The van der Waals surface area contributed by atoms with Crippen LogP contribution in [-0.4, -0.2) is 39.2 Å². The molecule has 7 nitrogen and oxygen atoms in total. The molecule has 2 aromatic carbocycles. The second-order valence-electron chi connectivity index (χ2n) is 7.38. The number of amides is 1. The Bertz CT molecular complexity index is 1080. The van der Waals surface area contributed by atoms with Crippen molar-refractivity contribution >= 4 is 17.6 Å². The molecule has 2 heterocycles. The first kappa shape index (κ1) is 19.6. The molecule has 0 bridgehead atoms. The summed E-state index contributed by atoms with van der Waals surface area (Å²) in [7, 11) is 0. The van der Waals surface area contributed by atoms with E-state index in [0.717, 1.165) is 16.8 Å². The Hall–Kier alpha value is -3.74. The second-order valence-corrected chi connectivity index (χ2v) is 7.38. The molecule has 0 radical (unpaired) electrons. The lowest BCUT2D eigenvalue weighted by atomic mass is 9.99. The highest BCUT2D eigenvalue weighted by Gasteiger charge is 2.31. The van der Waals surface area contributed by atoms with Crippen molar-refractivity contribution in [3.05, 3.63) is 89.5 Å². The molecule has 0 aliphatic carbocycles. The van der Waals surface area contributed by atoms with Crippen LogP contribution in [0.4, 0.5) is 5.95 Å². The van der Waals surface area contributed by atoms with Crippen molar-refractivity contribution < 1.29 is 4.79 Å². The zero-order chi connectivity index (χ0) is 21.1. The smallest absolute Gasteiger partial charge is 0.251 e. The first-order valence-electron chi connectivity index (χ1n) is 9.85. The van der Waals surface area contributed by atoms with Gasteiger partial charge in [-0.15, -0.1) is 6.58 Å². The molecule has 152 valence electrons. The first-order chi connectivity index (χ1) is 14.6. The number of fused-ring (bicyclic) bond motifs is 1. The van der Waals surface area contributed by atoms with Crippen molar-refractivity contribution in [3.8, 4) is 0 Å². The number of allylic oxidation sites excluding steroid dienone is 1. The maximum Gasteiger partial charge on any atom is 0.251 e. The second kappa shape index (κ2) is 8.32. The Morgan fingerprint density at radius 1 is 1.10 bits per heavy atom. The van der Waals surface area contributed by atoms with E-state index in [0.29, 0.717) is 12.5 Å². The number of anilines is 1. The van der Waals surface area contributed by atoms with Crippen LogP contribution in [-0.2, 0) is 4.79 Å². The topological polar surface area (TPSA) is 75.9 Å². The van der Waals surface area contributed by atoms with E-state index in [1.165, 1.54) is 11.1 Å². The minimum Gasteiger partial charge on any atom is -0.351 e. The van der Waals surface area contributed by atoms with E-state index in [4.69, 9.17) is 0 Å². The van der Waals surface area contributed by atoms with Gasteiger partial charge in [-0.3, -0.25) is 9.69 Å². The van der Waals surface area contributed by atoms with Crippen LogP contribution < -0.4 is 10.2 Å². The van der Waals surface area contributed by atoms with Crippen LogP contribution in [0.3, 0.4) is 0 Å². The van der Waals surface area contributed by atoms with Crippen molar-refractivity contribution in [2.45, 2.75) is 19.9 Å². The van der Waals surface area contributed by atoms with Crippen LogP contribution >= 0.6 is 0 Å². The Morgan fingerprint density at radius 3 is 2.43 bits per heavy atom. The minimum absolute atomic E-state index is 0.106. The summed E-state index contributed by atoms with van der Waals surface area (Å²) in [4.78, 5) is 14.4. The number of hydrogen-bond donors (Lipinski definition) is 1. The molecule has 7 heteroatoms. The van der Waals surface area contributed by atoms with Crippen molar-refractivity contribution in [2.24, 2.45) is 0 Å². The quantitative estimate of drug-likeness (QED) is 0.644. The molecule has 4 rings (SSSR count). The van der Waals surface area contributed by atoms with E-state index < -0.39 is 0 Å². The summed E-state index contributed by atoms with van der Waals surface area (Å²) in [5, 5.41) is 15.2. The van der Waals surface area contributed by atoms with Gasteiger partial charge in [0.1, 0.15) is 12.6 Å². The van der Waals surface area contributed by atoms with Crippen molar-refractivity contribution in [1.29, 1.82) is 0 Å². The molecule has 30 heavy (non-hydrogen) atoms. The molecule has 0 spiro atoms. The van der Waals surface area contributed by atoms with E-state index in [9.17, 15) is 4.79 Å². The molecule has 1 aliphatic rings. The van der Waals surface area contributed by atoms with Crippen molar-refractivity contribution in [1.82, 2.24) is 25.5 Å². The number of hydrogen-bond acceptors (Lipinski definition) is 5. The summed E-state index contributed by atoms with van der Waals surface area (Å²) >= 11 is 0. The summed E-state index contributed by atoms with van der Waals surface area (Å²) in [5.41, 5.74) is 5.34. The average Bonchev–Trinajstić information content (AvgIpc) is 3.24. The highest BCUT2D eigenvalue weighted by atomic mass is 16.2. The third kappa shape index (κ3) is 3.87. The Morgan fingerprint density at radius 2 is 1.77 bits per heavy atom. The van der Waals surface area contributed by atoms with Crippen molar-refractivity contribution in [2.75, 3.05) is 18.0 Å². The molecule has 1 aromatic heterocycles. The third-order valence-corrected chi connectivity index (χ3v) is 5.10. The fourth-order valence-electron chi connectivity index (χ4n) is 3.48. The standard InChI is InChI=1S/C23H24N6O/c1-4-13-24-22(30)15-28-20(18-9-5-16(2)6-10-18)14-21(29-23(28)25-26-27-29)19-11-7-17(3)8-12-19/h4-12,14,21H,1,13,15H2,2-3H3,(H,24,30). The molecule has 0 fully saturated rings. The largest absolute Gasteiger partial charge is 0.351 e. The molecule has 0 saturated heterocycles. The fraction of sp³-hybridized carbons (Fsp3) is 0.217. The zero-order valence-electron chi connectivity index (χ0n) is 17.1. The molecule has 1 amide bonds. The maximum atomic E-state index is 12.5. The number of aromatic nitrogens is 4. The molecule has 1 N–H and O–H groups in total. The molecule has 1 aliphatic heterocycles. The summed E-state index contributed by atoms with van der Waals surface area (Å²) in [6, 6.07) is 16.4. The Balaban J connectivity index is 1.79. The van der Waals surface area contributed by atoms with Gasteiger partial charge >= 0.3 is 0 Å². The van der Waals surface area contributed by atoms with Gasteiger partial charge in [-0.1, -0.05) is 70.8 Å².